The quantitative estimate of drug-likeness (QED) is 0.779. The van der Waals surface area contributed by atoms with Gasteiger partial charge < -0.3 is 5.11 Å². The lowest BCUT2D eigenvalue weighted by atomic mass is 10.0. The molecule has 1 N–H and O–H groups in total. The molecule has 1 unspecified atom stereocenters. The Labute approximate surface area is 114 Å². The van der Waals surface area contributed by atoms with E-state index >= 15 is 0 Å². The Kier molecular flexibility index (Phi) is 3.11. The maximum atomic E-state index is 10.4. The van der Waals surface area contributed by atoms with Gasteiger partial charge >= 0.3 is 0 Å². The van der Waals surface area contributed by atoms with Gasteiger partial charge in [-0.05, 0) is 18.2 Å². The van der Waals surface area contributed by atoms with Gasteiger partial charge in [-0.1, -0.05) is 17.7 Å². The van der Waals surface area contributed by atoms with Crippen molar-refractivity contribution < 1.29 is 5.11 Å². The van der Waals surface area contributed by atoms with Crippen LogP contribution in [-0.2, 0) is 0 Å². The predicted octanol–water partition coefficient (Wildman–Crippen LogP) is 2.76. The van der Waals surface area contributed by atoms with Gasteiger partial charge in [0.15, 0.2) is 0 Å². The standard InChI is InChI=1S/C14H10ClN3O/c15-12-4-3-11(13-10(12)2-1-5-18-13)14(19)9-6-16-8-17-7-9/h1-8,14,19H. The molecule has 19 heavy (non-hydrogen) atoms. The SMILES string of the molecule is OC(c1cncnc1)c1ccc(Cl)c2cccnc12. The second kappa shape index (κ2) is 4.91. The van der Waals surface area contributed by atoms with Crippen molar-refractivity contribution >= 4 is 22.5 Å². The van der Waals surface area contributed by atoms with Crippen molar-refractivity contribution in [1.29, 1.82) is 0 Å². The number of nitrogens with zero attached hydrogens (tertiary/aromatic N) is 3. The monoisotopic (exact) mass is 271 g/mol. The van der Waals surface area contributed by atoms with Crippen LogP contribution in [-0.4, -0.2) is 20.1 Å². The van der Waals surface area contributed by atoms with Crippen LogP contribution >= 0.6 is 11.6 Å². The lowest BCUT2D eigenvalue weighted by Gasteiger charge is -2.13. The molecular weight excluding hydrogens is 262 g/mol. The normalized spacial score (nSPS) is 12.5. The Balaban J connectivity index is 2.18. The second-order valence-corrected chi connectivity index (χ2v) is 4.52. The van der Waals surface area contributed by atoms with Crippen molar-refractivity contribution in [2.75, 3.05) is 0 Å². The third kappa shape index (κ3) is 2.16. The van der Waals surface area contributed by atoms with Crippen molar-refractivity contribution in [2.45, 2.75) is 6.10 Å². The smallest absolute Gasteiger partial charge is 0.115 e. The molecule has 0 saturated heterocycles. The molecule has 3 rings (SSSR count). The average molecular weight is 272 g/mol. The zero-order valence-electron chi connectivity index (χ0n) is 9.86. The number of aromatic nitrogens is 3. The van der Waals surface area contributed by atoms with Crippen LogP contribution in [0.15, 0.2) is 49.2 Å². The molecule has 5 heteroatoms. The summed E-state index contributed by atoms with van der Waals surface area (Å²) in [6.45, 7) is 0. The van der Waals surface area contributed by atoms with E-state index in [2.05, 4.69) is 15.0 Å². The first kappa shape index (κ1) is 12.0. The van der Waals surface area contributed by atoms with Crippen molar-refractivity contribution in [3.63, 3.8) is 0 Å². The Morgan fingerprint density at radius 3 is 2.68 bits per heavy atom. The highest BCUT2D eigenvalue weighted by Gasteiger charge is 2.16. The fourth-order valence-electron chi connectivity index (χ4n) is 2.01. The Morgan fingerprint density at radius 1 is 1.11 bits per heavy atom. The number of rotatable bonds is 2. The molecular formula is C14H10ClN3O. The minimum Gasteiger partial charge on any atom is -0.383 e. The van der Waals surface area contributed by atoms with Gasteiger partial charge in [-0.25, -0.2) is 9.97 Å². The predicted molar refractivity (Wildman–Crippen MR) is 72.8 cm³/mol. The van der Waals surface area contributed by atoms with E-state index in [1.807, 2.05) is 12.1 Å². The van der Waals surface area contributed by atoms with Crippen LogP contribution in [0.4, 0.5) is 0 Å². The molecule has 0 fully saturated rings. The van der Waals surface area contributed by atoms with Crippen LogP contribution in [0.3, 0.4) is 0 Å². The van der Waals surface area contributed by atoms with Crippen LogP contribution in [0.25, 0.3) is 10.9 Å². The summed E-state index contributed by atoms with van der Waals surface area (Å²) < 4.78 is 0. The summed E-state index contributed by atoms with van der Waals surface area (Å²) in [4.78, 5) is 12.1. The van der Waals surface area contributed by atoms with Crippen LogP contribution in [0.2, 0.25) is 5.02 Å². The number of hydrogen-bond acceptors (Lipinski definition) is 4. The van der Waals surface area contributed by atoms with Gasteiger partial charge in [0.2, 0.25) is 0 Å². The molecule has 1 atom stereocenters. The average Bonchev–Trinajstić information content (AvgIpc) is 2.48. The summed E-state index contributed by atoms with van der Waals surface area (Å²) in [6, 6.07) is 7.22. The molecule has 0 bridgehead atoms. The van der Waals surface area contributed by atoms with Crippen molar-refractivity contribution in [2.24, 2.45) is 0 Å². The van der Waals surface area contributed by atoms with E-state index in [1.165, 1.54) is 6.33 Å². The van der Waals surface area contributed by atoms with Gasteiger partial charge in [-0.3, -0.25) is 4.98 Å². The lowest BCUT2D eigenvalue weighted by Crippen LogP contribution is -2.02. The fourth-order valence-corrected chi connectivity index (χ4v) is 2.23. The maximum Gasteiger partial charge on any atom is 0.115 e. The molecule has 94 valence electrons. The van der Waals surface area contributed by atoms with Crippen LogP contribution in [0.5, 0.6) is 0 Å². The minimum absolute atomic E-state index is 0.614. The maximum absolute atomic E-state index is 10.4. The van der Waals surface area contributed by atoms with E-state index in [4.69, 9.17) is 11.6 Å². The molecule has 2 heterocycles. The number of aliphatic hydroxyl groups excluding tert-OH is 1. The fraction of sp³-hybridized carbons (Fsp3) is 0.0714. The van der Waals surface area contributed by atoms with Gasteiger partial charge in [0.05, 0.1) is 5.52 Å². The molecule has 1 aromatic carbocycles. The van der Waals surface area contributed by atoms with E-state index in [0.29, 0.717) is 21.7 Å². The molecule has 4 nitrogen and oxygen atoms in total. The third-order valence-electron chi connectivity index (χ3n) is 2.94. The van der Waals surface area contributed by atoms with Gasteiger partial charge in [0, 0.05) is 40.1 Å². The molecule has 2 aromatic heterocycles. The van der Waals surface area contributed by atoms with E-state index in [1.54, 1.807) is 30.7 Å². The summed E-state index contributed by atoms with van der Waals surface area (Å²) in [5.74, 6) is 0. The molecule has 0 amide bonds. The molecule has 0 aliphatic rings. The number of pyridine rings is 1. The summed E-state index contributed by atoms with van der Waals surface area (Å²) in [5.41, 5.74) is 2.00. The number of hydrogen-bond donors (Lipinski definition) is 1. The second-order valence-electron chi connectivity index (χ2n) is 4.11. The largest absolute Gasteiger partial charge is 0.383 e. The highest BCUT2D eigenvalue weighted by Crippen LogP contribution is 2.30. The van der Waals surface area contributed by atoms with Crippen LogP contribution in [0.1, 0.15) is 17.2 Å². The first-order chi connectivity index (χ1) is 9.27. The molecule has 0 saturated carbocycles. The summed E-state index contributed by atoms with van der Waals surface area (Å²) in [5, 5.41) is 11.8. The highest BCUT2D eigenvalue weighted by atomic mass is 35.5. The zero-order chi connectivity index (χ0) is 13.2. The summed E-state index contributed by atoms with van der Waals surface area (Å²) in [7, 11) is 0. The molecule has 0 spiro atoms. The first-order valence-corrected chi connectivity index (χ1v) is 6.11. The number of fused-ring (bicyclic) bond motifs is 1. The minimum atomic E-state index is -0.823. The Hall–Kier alpha value is -2.04. The number of halogens is 1. The molecule has 0 aliphatic carbocycles. The third-order valence-corrected chi connectivity index (χ3v) is 3.27. The Morgan fingerprint density at radius 2 is 1.89 bits per heavy atom. The summed E-state index contributed by atoms with van der Waals surface area (Å²) in [6.07, 6.45) is 5.45. The topological polar surface area (TPSA) is 58.9 Å². The summed E-state index contributed by atoms with van der Waals surface area (Å²) >= 11 is 6.13. The van der Waals surface area contributed by atoms with Gasteiger partial charge in [-0.15, -0.1) is 0 Å². The number of benzene rings is 1. The molecule has 0 aliphatic heterocycles. The lowest BCUT2D eigenvalue weighted by molar-refractivity contribution is 0.220. The zero-order valence-corrected chi connectivity index (χ0v) is 10.6. The van der Waals surface area contributed by atoms with Crippen molar-refractivity contribution in [1.82, 2.24) is 15.0 Å². The van der Waals surface area contributed by atoms with E-state index < -0.39 is 6.10 Å². The van der Waals surface area contributed by atoms with Crippen molar-refractivity contribution in [3.05, 3.63) is 65.3 Å². The van der Waals surface area contributed by atoms with E-state index in [-0.39, 0.29) is 0 Å². The Bertz CT molecular complexity index is 718. The van der Waals surface area contributed by atoms with Crippen molar-refractivity contribution in [3.8, 4) is 0 Å². The molecule has 3 aromatic rings. The number of aliphatic hydroxyl groups is 1. The van der Waals surface area contributed by atoms with Gasteiger partial charge in [-0.2, -0.15) is 0 Å². The van der Waals surface area contributed by atoms with Crippen LogP contribution < -0.4 is 0 Å². The van der Waals surface area contributed by atoms with Crippen LogP contribution in [0, 0.1) is 0 Å². The molecule has 0 radical (unpaired) electrons. The van der Waals surface area contributed by atoms with Gasteiger partial charge in [0.1, 0.15) is 12.4 Å². The highest BCUT2D eigenvalue weighted by molar-refractivity contribution is 6.35. The first-order valence-electron chi connectivity index (χ1n) is 5.73. The van der Waals surface area contributed by atoms with E-state index in [0.717, 1.165) is 5.39 Å². The van der Waals surface area contributed by atoms with E-state index in [9.17, 15) is 5.11 Å². The van der Waals surface area contributed by atoms with Gasteiger partial charge in [0.25, 0.3) is 0 Å².